The van der Waals surface area contributed by atoms with Crippen molar-refractivity contribution >= 4 is 51.5 Å². The zero-order chi connectivity index (χ0) is 14.0. The van der Waals surface area contributed by atoms with Crippen molar-refractivity contribution in [2.75, 3.05) is 11.1 Å². The molecule has 0 aliphatic rings. The molecule has 98 valence electrons. The molecule has 0 aliphatic carbocycles. The number of amides is 1. The van der Waals surface area contributed by atoms with Gasteiger partial charge in [0.1, 0.15) is 0 Å². The third kappa shape index (κ3) is 3.39. The van der Waals surface area contributed by atoms with Gasteiger partial charge in [-0.05, 0) is 71.5 Å². The Morgan fingerprint density at radius 1 is 1.26 bits per heavy atom. The fraction of sp³-hybridized carbons (Fsp3) is 0.0714. The fourth-order valence-electron chi connectivity index (χ4n) is 1.72. The molecule has 0 fully saturated rings. The number of halogens is 2. The summed E-state index contributed by atoms with van der Waals surface area (Å²) in [6.45, 7) is 1.86. The number of nitrogen functional groups attached to an aromatic ring is 1. The van der Waals surface area contributed by atoms with Crippen molar-refractivity contribution in [3.8, 4) is 0 Å². The van der Waals surface area contributed by atoms with Crippen LogP contribution in [0.1, 0.15) is 15.9 Å². The van der Waals surface area contributed by atoms with Gasteiger partial charge >= 0.3 is 0 Å². The lowest BCUT2D eigenvalue weighted by molar-refractivity contribution is 0.102. The van der Waals surface area contributed by atoms with E-state index in [2.05, 4.69) is 27.9 Å². The summed E-state index contributed by atoms with van der Waals surface area (Å²) in [7, 11) is 0. The quantitative estimate of drug-likeness (QED) is 0.603. The number of hydrogen-bond donors (Lipinski definition) is 2. The van der Waals surface area contributed by atoms with Gasteiger partial charge in [-0.3, -0.25) is 4.79 Å². The van der Waals surface area contributed by atoms with Gasteiger partial charge in [-0.15, -0.1) is 0 Å². The molecule has 0 unspecified atom stereocenters. The Balaban J connectivity index is 2.25. The molecular weight excluding hydrogens is 375 g/mol. The first-order valence-corrected chi connectivity index (χ1v) is 7.05. The lowest BCUT2D eigenvalue weighted by Gasteiger charge is -2.10. The summed E-state index contributed by atoms with van der Waals surface area (Å²) >= 11 is 8.02. The van der Waals surface area contributed by atoms with Gasteiger partial charge in [-0.25, -0.2) is 0 Å². The summed E-state index contributed by atoms with van der Waals surface area (Å²) in [6, 6.07) is 10.6. The van der Waals surface area contributed by atoms with Crippen LogP contribution in [-0.4, -0.2) is 5.91 Å². The highest BCUT2D eigenvalue weighted by atomic mass is 127. The lowest BCUT2D eigenvalue weighted by Crippen LogP contribution is -2.14. The van der Waals surface area contributed by atoms with Crippen molar-refractivity contribution < 1.29 is 4.79 Å². The molecule has 0 aliphatic heterocycles. The molecule has 0 bridgehead atoms. The number of nitrogens with one attached hydrogen (secondary N) is 1. The van der Waals surface area contributed by atoms with Crippen molar-refractivity contribution in [1.29, 1.82) is 0 Å². The minimum atomic E-state index is -0.155. The Morgan fingerprint density at radius 3 is 2.63 bits per heavy atom. The van der Waals surface area contributed by atoms with E-state index >= 15 is 0 Å². The molecule has 0 saturated carbocycles. The summed E-state index contributed by atoms with van der Waals surface area (Å²) in [5.74, 6) is -0.155. The molecule has 5 heteroatoms. The number of benzene rings is 2. The van der Waals surface area contributed by atoms with Crippen molar-refractivity contribution in [3.63, 3.8) is 0 Å². The van der Waals surface area contributed by atoms with Crippen molar-refractivity contribution in [2.45, 2.75) is 6.92 Å². The van der Waals surface area contributed by atoms with Gasteiger partial charge in [0.2, 0.25) is 0 Å². The van der Waals surface area contributed by atoms with Crippen molar-refractivity contribution in [2.24, 2.45) is 0 Å². The molecule has 1 amide bonds. The maximum Gasteiger partial charge on any atom is 0.255 e. The number of anilines is 2. The standard InChI is InChI=1S/C14H12ClIN2O/c1-8-6-10(17)3-4-11(8)14(19)18-13-5-2-9(15)7-12(13)16/h2-7H,17H2,1H3,(H,18,19). The normalized spacial score (nSPS) is 10.3. The number of carbonyl (C=O) groups excluding carboxylic acids is 1. The van der Waals surface area contributed by atoms with Crippen LogP contribution >= 0.6 is 34.2 Å². The Hall–Kier alpha value is -1.27. The van der Waals surface area contributed by atoms with Gasteiger partial charge in [0, 0.05) is 19.8 Å². The van der Waals surface area contributed by atoms with Crippen molar-refractivity contribution in [1.82, 2.24) is 0 Å². The van der Waals surface area contributed by atoms with Crippen LogP contribution in [0.25, 0.3) is 0 Å². The monoisotopic (exact) mass is 386 g/mol. The van der Waals surface area contributed by atoms with E-state index in [1.807, 2.05) is 6.92 Å². The van der Waals surface area contributed by atoms with Crippen LogP contribution in [0.5, 0.6) is 0 Å². The zero-order valence-electron chi connectivity index (χ0n) is 10.2. The summed E-state index contributed by atoms with van der Waals surface area (Å²) in [4.78, 5) is 12.2. The highest BCUT2D eigenvalue weighted by molar-refractivity contribution is 14.1. The molecule has 3 N–H and O–H groups in total. The molecule has 2 rings (SSSR count). The summed E-state index contributed by atoms with van der Waals surface area (Å²) in [6.07, 6.45) is 0. The number of hydrogen-bond acceptors (Lipinski definition) is 2. The largest absolute Gasteiger partial charge is 0.399 e. The van der Waals surface area contributed by atoms with Crippen LogP contribution < -0.4 is 11.1 Å². The van der Waals surface area contributed by atoms with E-state index in [1.165, 1.54) is 0 Å². The van der Waals surface area contributed by atoms with Crippen LogP contribution in [0.3, 0.4) is 0 Å². The van der Waals surface area contributed by atoms with E-state index in [-0.39, 0.29) is 5.91 Å². The summed E-state index contributed by atoms with van der Waals surface area (Å²) in [5, 5.41) is 3.51. The van der Waals surface area contributed by atoms with E-state index in [4.69, 9.17) is 17.3 Å². The first-order valence-electron chi connectivity index (χ1n) is 5.60. The molecule has 2 aromatic carbocycles. The van der Waals surface area contributed by atoms with Crippen LogP contribution in [0.2, 0.25) is 5.02 Å². The topological polar surface area (TPSA) is 55.1 Å². The smallest absolute Gasteiger partial charge is 0.255 e. The second-order valence-corrected chi connectivity index (χ2v) is 5.75. The van der Waals surface area contributed by atoms with Crippen LogP contribution in [0.15, 0.2) is 36.4 Å². The Morgan fingerprint density at radius 2 is 2.00 bits per heavy atom. The minimum Gasteiger partial charge on any atom is -0.399 e. The third-order valence-electron chi connectivity index (χ3n) is 2.67. The number of nitrogens with two attached hydrogens (primary N) is 1. The first-order chi connectivity index (χ1) is 8.97. The predicted octanol–water partition coefficient (Wildman–Crippen LogP) is 4.09. The van der Waals surface area contributed by atoms with Gasteiger partial charge in [0.05, 0.1) is 5.69 Å². The highest BCUT2D eigenvalue weighted by Crippen LogP contribution is 2.23. The van der Waals surface area contributed by atoms with Crippen molar-refractivity contribution in [3.05, 3.63) is 56.1 Å². The predicted molar refractivity (Wildman–Crippen MR) is 87.7 cm³/mol. The number of rotatable bonds is 2. The lowest BCUT2D eigenvalue weighted by atomic mass is 10.1. The Bertz CT molecular complexity index is 643. The van der Waals surface area contributed by atoms with E-state index in [0.29, 0.717) is 16.3 Å². The third-order valence-corrected chi connectivity index (χ3v) is 3.80. The molecule has 0 spiro atoms. The van der Waals surface area contributed by atoms with E-state index in [9.17, 15) is 4.79 Å². The molecule has 0 atom stereocenters. The number of carbonyl (C=O) groups is 1. The highest BCUT2D eigenvalue weighted by Gasteiger charge is 2.11. The molecular formula is C14H12ClIN2O. The second kappa shape index (κ2) is 5.79. The molecule has 19 heavy (non-hydrogen) atoms. The minimum absolute atomic E-state index is 0.155. The molecule has 3 nitrogen and oxygen atoms in total. The Labute approximate surface area is 130 Å². The fourth-order valence-corrected chi connectivity index (χ4v) is 2.73. The van der Waals surface area contributed by atoms with Gasteiger partial charge in [0.25, 0.3) is 5.91 Å². The summed E-state index contributed by atoms with van der Waals surface area (Å²) in [5.41, 5.74) is 8.52. The average molecular weight is 387 g/mol. The summed E-state index contributed by atoms with van der Waals surface area (Å²) < 4.78 is 0.895. The Kier molecular flexibility index (Phi) is 4.31. The number of aryl methyl sites for hydroxylation is 1. The molecule has 0 saturated heterocycles. The molecule has 0 radical (unpaired) electrons. The molecule has 2 aromatic rings. The van der Waals surface area contributed by atoms with E-state index in [0.717, 1.165) is 14.8 Å². The maximum atomic E-state index is 12.2. The maximum absolute atomic E-state index is 12.2. The van der Waals surface area contributed by atoms with Crippen LogP contribution in [-0.2, 0) is 0 Å². The molecule has 0 aromatic heterocycles. The first kappa shape index (κ1) is 14.1. The van der Waals surface area contributed by atoms with E-state index < -0.39 is 0 Å². The van der Waals surface area contributed by atoms with Crippen LogP contribution in [0, 0.1) is 10.5 Å². The zero-order valence-corrected chi connectivity index (χ0v) is 13.1. The van der Waals surface area contributed by atoms with Gasteiger partial charge in [-0.2, -0.15) is 0 Å². The van der Waals surface area contributed by atoms with Gasteiger partial charge < -0.3 is 11.1 Å². The van der Waals surface area contributed by atoms with Crippen LogP contribution in [0.4, 0.5) is 11.4 Å². The average Bonchev–Trinajstić information content (AvgIpc) is 2.32. The second-order valence-electron chi connectivity index (χ2n) is 4.15. The van der Waals surface area contributed by atoms with Gasteiger partial charge in [-0.1, -0.05) is 11.6 Å². The molecule has 0 heterocycles. The van der Waals surface area contributed by atoms with E-state index in [1.54, 1.807) is 36.4 Å². The SMILES string of the molecule is Cc1cc(N)ccc1C(=O)Nc1ccc(Cl)cc1I. The van der Waals surface area contributed by atoms with Gasteiger partial charge in [0.15, 0.2) is 0 Å².